The molecule has 0 saturated carbocycles. The molecule has 2 aliphatic rings. The van der Waals surface area contributed by atoms with Crippen molar-refractivity contribution in [3.05, 3.63) is 66.6 Å². The van der Waals surface area contributed by atoms with Gasteiger partial charge in [0.1, 0.15) is 18.5 Å². The van der Waals surface area contributed by atoms with E-state index in [-0.39, 0.29) is 30.0 Å². The van der Waals surface area contributed by atoms with Gasteiger partial charge in [0, 0.05) is 17.0 Å². The van der Waals surface area contributed by atoms with Gasteiger partial charge in [0.2, 0.25) is 0 Å². The van der Waals surface area contributed by atoms with Gasteiger partial charge in [-0.3, -0.25) is 9.59 Å². The fraction of sp³-hybridized carbons (Fsp3) is 0.348. The highest BCUT2D eigenvalue weighted by molar-refractivity contribution is 5.92. The number of nitroso groups, excluding NO2 is 1. The minimum Gasteiger partial charge on any atom is -0.463 e. The van der Waals surface area contributed by atoms with Crippen LogP contribution >= 0.6 is 0 Å². The average Bonchev–Trinajstić information content (AvgIpc) is 3.15. The van der Waals surface area contributed by atoms with Crippen LogP contribution in [0.4, 0.5) is 4.39 Å². The van der Waals surface area contributed by atoms with Crippen molar-refractivity contribution < 1.29 is 13.9 Å². The zero-order valence-corrected chi connectivity index (χ0v) is 17.2. The van der Waals surface area contributed by atoms with E-state index in [2.05, 4.69) is 5.18 Å². The van der Waals surface area contributed by atoms with Gasteiger partial charge in [-0.05, 0) is 61.4 Å². The van der Waals surface area contributed by atoms with E-state index in [1.54, 1.807) is 24.5 Å². The Morgan fingerprint density at radius 1 is 1.29 bits per heavy atom. The normalized spacial score (nSPS) is 14.8. The molecule has 2 aromatic heterocycles. The van der Waals surface area contributed by atoms with Crippen LogP contribution < -0.4 is 5.56 Å². The number of carbonyl (C=O) groups is 1. The number of ether oxygens (including phenoxy) is 1. The molecule has 1 aromatic carbocycles. The minimum absolute atomic E-state index is 0.231. The summed E-state index contributed by atoms with van der Waals surface area (Å²) in [6, 6.07) is 2.40. The van der Waals surface area contributed by atoms with Crippen molar-refractivity contribution in [1.82, 2.24) is 9.55 Å². The molecule has 8 heteroatoms. The Kier molecular flexibility index (Phi) is 4.46. The molecular formula is C23H20FN3O4. The van der Waals surface area contributed by atoms with Gasteiger partial charge in [0.15, 0.2) is 0 Å². The molecule has 0 spiro atoms. The van der Waals surface area contributed by atoms with Crippen molar-refractivity contribution >= 4 is 17.4 Å². The van der Waals surface area contributed by atoms with Crippen LogP contribution in [0.15, 0.2) is 22.1 Å². The molecule has 1 atom stereocenters. The molecule has 5 rings (SSSR count). The zero-order chi connectivity index (χ0) is 21.9. The minimum atomic E-state index is -0.793. The summed E-state index contributed by atoms with van der Waals surface area (Å²) < 4.78 is 21.0. The third kappa shape index (κ3) is 2.74. The van der Waals surface area contributed by atoms with E-state index >= 15 is 0 Å². The number of hydrogen-bond donors (Lipinski definition) is 0. The first-order valence-electron chi connectivity index (χ1n) is 10.2. The second-order valence-electron chi connectivity index (χ2n) is 8.17. The van der Waals surface area contributed by atoms with Gasteiger partial charge < -0.3 is 9.30 Å². The molecule has 158 valence electrons. The Morgan fingerprint density at radius 2 is 2.06 bits per heavy atom. The predicted octanol–water partition coefficient (Wildman–Crippen LogP) is 3.86. The van der Waals surface area contributed by atoms with Crippen LogP contribution in [0.5, 0.6) is 0 Å². The first-order valence-corrected chi connectivity index (χ1v) is 10.2. The third-order valence-electron chi connectivity index (χ3n) is 6.57. The Hall–Kier alpha value is -3.42. The van der Waals surface area contributed by atoms with Gasteiger partial charge in [-0.15, -0.1) is 0 Å². The number of pyridine rings is 2. The molecular weight excluding hydrogens is 401 g/mol. The first kappa shape index (κ1) is 19.5. The lowest BCUT2D eigenvalue weighted by molar-refractivity contribution is -0.129. The number of hydrogen-bond acceptors (Lipinski definition) is 6. The van der Waals surface area contributed by atoms with E-state index in [1.807, 2.05) is 0 Å². The molecule has 1 unspecified atom stereocenters. The van der Waals surface area contributed by atoms with Crippen molar-refractivity contribution in [3.63, 3.8) is 0 Å². The summed E-state index contributed by atoms with van der Waals surface area (Å²) in [7, 11) is 0. The summed E-state index contributed by atoms with van der Waals surface area (Å²) in [5.74, 6) is -0.279. The number of fused-ring (bicyclic) bond motifs is 4. The van der Waals surface area contributed by atoms with Crippen LogP contribution in [0.2, 0.25) is 0 Å². The summed E-state index contributed by atoms with van der Waals surface area (Å²) in [6.07, 6.45) is 2.55. The molecule has 0 radical (unpaired) electrons. The van der Waals surface area contributed by atoms with E-state index < -0.39 is 6.04 Å². The Bertz CT molecular complexity index is 1350. The lowest BCUT2D eigenvalue weighted by atomic mass is 9.85. The molecule has 0 fully saturated rings. The topological polar surface area (TPSA) is 90.6 Å². The number of halogens is 1. The quantitative estimate of drug-likeness (QED) is 0.360. The van der Waals surface area contributed by atoms with Crippen LogP contribution in [0, 0.1) is 17.6 Å². The standard InChI is InChI=1S/C23H20FN3O4/c1-11-13-4-3-5-14-16-8-27-20(22(16)25-19(21(13)14)7-18(11)24)6-15(12(2)26-30)17(23(27)29)9-31-10-28/h6-7,10,12H,3-5,8-9H2,1-2H3. The van der Waals surface area contributed by atoms with Crippen LogP contribution in [-0.4, -0.2) is 16.0 Å². The molecule has 7 nitrogen and oxygen atoms in total. The van der Waals surface area contributed by atoms with Gasteiger partial charge in [-0.1, -0.05) is 5.18 Å². The predicted molar refractivity (Wildman–Crippen MR) is 112 cm³/mol. The molecule has 0 amide bonds. The summed E-state index contributed by atoms with van der Waals surface area (Å²) in [5, 5.41) is 4.06. The highest BCUT2D eigenvalue weighted by Crippen LogP contribution is 2.41. The smallest absolute Gasteiger partial charge is 0.293 e. The van der Waals surface area contributed by atoms with E-state index in [0.717, 1.165) is 41.3 Å². The summed E-state index contributed by atoms with van der Waals surface area (Å²) in [6.45, 7) is 3.76. The Balaban J connectivity index is 1.81. The van der Waals surface area contributed by atoms with Gasteiger partial charge in [0.05, 0.1) is 29.0 Å². The van der Waals surface area contributed by atoms with Crippen molar-refractivity contribution in [2.24, 2.45) is 5.18 Å². The number of aromatic nitrogens is 2. The highest BCUT2D eigenvalue weighted by Gasteiger charge is 2.31. The number of aryl methyl sites for hydroxylation is 2. The van der Waals surface area contributed by atoms with Crippen molar-refractivity contribution in [2.75, 3.05) is 0 Å². The van der Waals surface area contributed by atoms with E-state index in [0.29, 0.717) is 34.6 Å². The largest absolute Gasteiger partial charge is 0.463 e. The lowest BCUT2D eigenvalue weighted by Gasteiger charge is -2.21. The molecule has 1 aliphatic heterocycles. The monoisotopic (exact) mass is 421 g/mol. The summed E-state index contributed by atoms with van der Waals surface area (Å²) in [4.78, 5) is 40.0. The maximum Gasteiger partial charge on any atom is 0.293 e. The Labute approximate surface area is 176 Å². The van der Waals surface area contributed by atoms with Crippen LogP contribution in [0.25, 0.3) is 22.3 Å². The van der Waals surface area contributed by atoms with Gasteiger partial charge in [-0.2, -0.15) is 4.91 Å². The van der Waals surface area contributed by atoms with Gasteiger partial charge in [0.25, 0.3) is 12.0 Å². The van der Waals surface area contributed by atoms with Crippen molar-refractivity contribution in [2.45, 2.75) is 52.3 Å². The van der Waals surface area contributed by atoms with Gasteiger partial charge in [-0.25, -0.2) is 9.37 Å². The molecule has 0 bridgehead atoms. The maximum atomic E-state index is 14.6. The Morgan fingerprint density at radius 3 is 2.81 bits per heavy atom. The number of benzene rings is 1. The molecule has 31 heavy (non-hydrogen) atoms. The number of carbonyl (C=O) groups excluding carboxylic acids is 1. The van der Waals surface area contributed by atoms with Crippen molar-refractivity contribution in [1.29, 1.82) is 0 Å². The second kappa shape index (κ2) is 7.08. The molecule has 0 saturated heterocycles. The molecule has 1 aliphatic carbocycles. The van der Waals surface area contributed by atoms with E-state index in [1.165, 1.54) is 6.07 Å². The second-order valence-corrected chi connectivity index (χ2v) is 8.17. The number of rotatable bonds is 5. The fourth-order valence-electron chi connectivity index (χ4n) is 5.02. The third-order valence-corrected chi connectivity index (χ3v) is 6.57. The van der Waals surface area contributed by atoms with Crippen LogP contribution in [-0.2, 0) is 35.5 Å². The summed E-state index contributed by atoms with van der Waals surface area (Å²) in [5.41, 5.74) is 5.83. The van der Waals surface area contributed by atoms with Crippen molar-refractivity contribution in [3.8, 4) is 11.4 Å². The lowest BCUT2D eigenvalue weighted by Crippen LogP contribution is -2.26. The summed E-state index contributed by atoms with van der Waals surface area (Å²) >= 11 is 0. The zero-order valence-electron chi connectivity index (χ0n) is 17.2. The van der Waals surface area contributed by atoms with E-state index in [4.69, 9.17) is 9.72 Å². The number of nitrogens with zero attached hydrogens (tertiary/aromatic N) is 3. The average molecular weight is 421 g/mol. The van der Waals surface area contributed by atoms with Crippen LogP contribution in [0.3, 0.4) is 0 Å². The SMILES string of the molecule is Cc1c(F)cc2nc3c(c4c2c1CCC4)Cn1c-3cc(C(C)N=O)c(COC=O)c1=O. The van der Waals surface area contributed by atoms with Crippen LogP contribution in [0.1, 0.15) is 52.8 Å². The first-order chi connectivity index (χ1) is 15.0. The molecule has 3 aromatic rings. The fourth-order valence-corrected chi connectivity index (χ4v) is 5.02. The molecule has 3 heterocycles. The maximum absolute atomic E-state index is 14.6. The highest BCUT2D eigenvalue weighted by atomic mass is 19.1. The van der Waals surface area contributed by atoms with Gasteiger partial charge >= 0.3 is 0 Å². The molecule has 0 N–H and O–H groups in total. The van der Waals surface area contributed by atoms with E-state index in [9.17, 15) is 18.9 Å².